The third kappa shape index (κ3) is 3.93. The van der Waals surface area contributed by atoms with Gasteiger partial charge in [0.1, 0.15) is 0 Å². The van der Waals surface area contributed by atoms with E-state index in [-0.39, 0.29) is 11.7 Å². The number of rotatable bonds is 5. The SMILES string of the molecule is CCCC1OCC(C)(C2CCC(OCC)CC2)CO1. The van der Waals surface area contributed by atoms with Crippen molar-refractivity contribution in [3.63, 3.8) is 0 Å². The number of hydrogen-bond acceptors (Lipinski definition) is 3. The van der Waals surface area contributed by atoms with Gasteiger partial charge in [0.05, 0.1) is 19.3 Å². The zero-order chi connectivity index (χ0) is 13.7. The molecule has 19 heavy (non-hydrogen) atoms. The van der Waals surface area contributed by atoms with E-state index in [1.807, 2.05) is 0 Å². The topological polar surface area (TPSA) is 27.7 Å². The van der Waals surface area contributed by atoms with Crippen LogP contribution in [0.15, 0.2) is 0 Å². The summed E-state index contributed by atoms with van der Waals surface area (Å²) in [5.74, 6) is 0.729. The third-order valence-electron chi connectivity index (χ3n) is 4.78. The van der Waals surface area contributed by atoms with Crippen LogP contribution in [-0.2, 0) is 14.2 Å². The molecule has 0 atom stereocenters. The van der Waals surface area contributed by atoms with E-state index in [1.54, 1.807) is 0 Å². The first-order valence-corrected chi connectivity index (χ1v) is 8.02. The fourth-order valence-corrected chi connectivity index (χ4v) is 3.46. The van der Waals surface area contributed by atoms with Gasteiger partial charge in [-0.15, -0.1) is 0 Å². The predicted molar refractivity (Wildman–Crippen MR) is 76.1 cm³/mol. The third-order valence-corrected chi connectivity index (χ3v) is 4.78. The molecule has 1 saturated carbocycles. The fraction of sp³-hybridized carbons (Fsp3) is 1.00. The number of ether oxygens (including phenoxy) is 3. The Balaban J connectivity index is 1.79. The van der Waals surface area contributed by atoms with Crippen molar-refractivity contribution in [1.29, 1.82) is 0 Å². The second-order valence-corrected chi connectivity index (χ2v) is 6.42. The summed E-state index contributed by atoms with van der Waals surface area (Å²) in [7, 11) is 0. The van der Waals surface area contributed by atoms with E-state index < -0.39 is 0 Å². The highest BCUT2D eigenvalue weighted by molar-refractivity contribution is 4.88. The van der Waals surface area contributed by atoms with Crippen molar-refractivity contribution in [1.82, 2.24) is 0 Å². The lowest BCUT2D eigenvalue weighted by molar-refractivity contribution is -0.242. The molecule has 2 aliphatic rings. The largest absolute Gasteiger partial charge is 0.379 e. The molecule has 0 radical (unpaired) electrons. The standard InChI is InChI=1S/C16H30O3/c1-4-6-15-18-11-16(3,12-19-15)13-7-9-14(10-8-13)17-5-2/h13-15H,4-12H2,1-3H3. The Morgan fingerprint density at radius 2 is 1.68 bits per heavy atom. The normalized spacial score (nSPS) is 40.3. The van der Waals surface area contributed by atoms with Gasteiger partial charge < -0.3 is 14.2 Å². The minimum Gasteiger partial charge on any atom is -0.379 e. The van der Waals surface area contributed by atoms with Crippen LogP contribution >= 0.6 is 0 Å². The van der Waals surface area contributed by atoms with Gasteiger partial charge in [0, 0.05) is 12.0 Å². The average molecular weight is 270 g/mol. The van der Waals surface area contributed by atoms with E-state index in [2.05, 4.69) is 20.8 Å². The maximum Gasteiger partial charge on any atom is 0.157 e. The first-order valence-electron chi connectivity index (χ1n) is 8.02. The van der Waals surface area contributed by atoms with Crippen LogP contribution in [0.3, 0.4) is 0 Å². The van der Waals surface area contributed by atoms with Crippen molar-refractivity contribution in [3.05, 3.63) is 0 Å². The first-order chi connectivity index (χ1) is 9.18. The molecule has 0 bridgehead atoms. The molecular weight excluding hydrogens is 240 g/mol. The Bertz CT molecular complexity index is 251. The molecule has 0 amide bonds. The van der Waals surface area contributed by atoms with Gasteiger partial charge in [-0.3, -0.25) is 0 Å². The van der Waals surface area contributed by atoms with E-state index in [1.165, 1.54) is 25.7 Å². The zero-order valence-electron chi connectivity index (χ0n) is 12.8. The average Bonchev–Trinajstić information content (AvgIpc) is 2.43. The van der Waals surface area contributed by atoms with Crippen molar-refractivity contribution in [3.8, 4) is 0 Å². The summed E-state index contributed by atoms with van der Waals surface area (Å²) in [6.45, 7) is 9.17. The predicted octanol–water partition coefficient (Wildman–Crippen LogP) is 3.76. The maximum atomic E-state index is 5.91. The lowest BCUT2D eigenvalue weighted by atomic mass is 9.70. The van der Waals surface area contributed by atoms with Crippen LogP contribution in [0.1, 0.15) is 59.3 Å². The summed E-state index contributed by atoms with van der Waals surface area (Å²) in [5.41, 5.74) is 0.210. The summed E-state index contributed by atoms with van der Waals surface area (Å²) in [6.07, 6.45) is 7.59. The van der Waals surface area contributed by atoms with Gasteiger partial charge in [-0.1, -0.05) is 20.3 Å². The zero-order valence-corrected chi connectivity index (χ0v) is 12.8. The summed E-state index contributed by atoms with van der Waals surface area (Å²) < 4.78 is 17.6. The molecule has 0 spiro atoms. The maximum absolute atomic E-state index is 5.91. The summed E-state index contributed by atoms with van der Waals surface area (Å²) in [5, 5.41) is 0. The van der Waals surface area contributed by atoms with Gasteiger partial charge in [0.2, 0.25) is 0 Å². The molecule has 2 fully saturated rings. The highest BCUT2D eigenvalue weighted by Gasteiger charge is 2.40. The van der Waals surface area contributed by atoms with E-state index in [0.29, 0.717) is 6.10 Å². The van der Waals surface area contributed by atoms with Crippen molar-refractivity contribution in [2.45, 2.75) is 71.7 Å². The van der Waals surface area contributed by atoms with Crippen molar-refractivity contribution in [2.75, 3.05) is 19.8 Å². The Hall–Kier alpha value is -0.120. The van der Waals surface area contributed by atoms with E-state index in [4.69, 9.17) is 14.2 Å². The first kappa shape index (κ1) is 15.3. The molecular formula is C16H30O3. The molecule has 1 saturated heterocycles. The molecule has 0 aromatic heterocycles. The summed E-state index contributed by atoms with van der Waals surface area (Å²) in [4.78, 5) is 0. The van der Waals surface area contributed by atoms with Crippen LogP contribution in [0.4, 0.5) is 0 Å². The minimum absolute atomic E-state index is 0.0397. The number of hydrogen-bond donors (Lipinski definition) is 0. The van der Waals surface area contributed by atoms with Crippen LogP contribution in [0, 0.1) is 11.3 Å². The molecule has 2 rings (SSSR count). The van der Waals surface area contributed by atoms with Crippen LogP contribution in [-0.4, -0.2) is 32.2 Å². The van der Waals surface area contributed by atoms with E-state index >= 15 is 0 Å². The molecule has 0 unspecified atom stereocenters. The van der Waals surface area contributed by atoms with Gasteiger partial charge in [-0.25, -0.2) is 0 Å². The molecule has 3 heteroatoms. The Labute approximate surface area is 118 Å². The Kier molecular flexibility index (Phi) is 5.67. The minimum atomic E-state index is 0.0397. The second kappa shape index (κ2) is 7.05. The van der Waals surface area contributed by atoms with Gasteiger partial charge in [0.25, 0.3) is 0 Å². The quantitative estimate of drug-likeness (QED) is 0.761. The molecule has 0 N–H and O–H groups in total. The molecule has 0 aromatic carbocycles. The smallest absolute Gasteiger partial charge is 0.157 e. The van der Waals surface area contributed by atoms with Gasteiger partial charge in [0.15, 0.2) is 6.29 Å². The van der Waals surface area contributed by atoms with Crippen LogP contribution in [0.25, 0.3) is 0 Å². The van der Waals surface area contributed by atoms with Crippen LogP contribution in [0.2, 0.25) is 0 Å². The van der Waals surface area contributed by atoms with Crippen molar-refractivity contribution in [2.24, 2.45) is 11.3 Å². The highest BCUT2D eigenvalue weighted by atomic mass is 16.7. The molecule has 112 valence electrons. The van der Waals surface area contributed by atoms with Gasteiger partial charge >= 0.3 is 0 Å². The van der Waals surface area contributed by atoms with Crippen molar-refractivity contribution >= 4 is 0 Å². The van der Waals surface area contributed by atoms with Crippen molar-refractivity contribution < 1.29 is 14.2 Å². The Morgan fingerprint density at radius 1 is 1.05 bits per heavy atom. The second-order valence-electron chi connectivity index (χ2n) is 6.42. The van der Waals surface area contributed by atoms with E-state index in [9.17, 15) is 0 Å². The highest BCUT2D eigenvalue weighted by Crippen LogP contribution is 2.42. The molecule has 1 heterocycles. The molecule has 1 aliphatic carbocycles. The van der Waals surface area contributed by atoms with E-state index in [0.717, 1.165) is 38.6 Å². The Morgan fingerprint density at radius 3 is 2.21 bits per heavy atom. The lowest BCUT2D eigenvalue weighted by Gasteiger charge is -2.45. The van der Waals surface area contributed by atoms with Crippen LogP contribution < -0.4 is 0 Å². The monoisotopic (exact) mass is 270 g/mol. The summed E-state index contributed by atoms with van der Waals surface area (Å²) in [6, 6.07) is 0. The van der Waals surface area contributed by atoms with Gasteiger partial charge in [-0.2, -0.15) is 0 Å². The van der Waals surface area contributed by atoms with Gasteiger partial charge in [-0.05, 0) is 44.9 Å². The molecule has 3 nitrogen and oxygen atoms in total. The molecule has 0 aromatic rings. The lowest BCUT2D eigenvalue weighted by Crippen LogP contribution is -2.46. The molecule has 1 aliphatic heterocycles. The fourth-order valence-electron chi connectivity index (χ4n) is 3.46. The van der Waals surface area contributed by atoms with Crippen LogP contribution in [0.5, 0.6) is 0 Å². The summed E-state index contributed by atoms with van der Waals surface area (Å²) >= 11 is 0.